The van der Waals surface area contributed by atoms with Crippen LogP contribution in [0.2, 0.25) is 5.02 Å². The number of amides is 1. The molecule has 11 heteroatoms. The molecule has 0 atom stereocenters. The topological polar surface area (TPSA) is 72.6 Å². The first-order valence-corrected chi connectivity index (χ1v) is 14.8. The highest BCUT2D eigenvalue weighted by Gasteiger charge is 2.34. The number of nitrogens with zero attached hydrogens (tertiary/aromatic N) is 5. The first kappa shape index (κ1) is 28.9. The van der Waals surface area contributed by atoms with Gasteiger partial charge in [0.25, 0.3) is 11.5 Å². The second-order valence-electron chi connectivity index (χ2n) is 9.71. The number of nitriles is 1. The molecule has 3 aromatic rings. The average Bonchev–Trinajstić information content (AvgIpc) is 3.23. The summed E-state index contributed by atoms with van der Waals surface area (Å²) < 4.78 is 15.5. The fourth-order valence-electron chi connectivity index (χ4n) is 5.17. The lowest BCUT2D eigenvalue weighted by Crippen LogP contribution is -2.48. The summed E-state index contributed by atoms with van der Waals surface area (Å²) in [7, 11) is 0. The summed E-state index contributed by atoms with van der Waals surface area (Å²) in [4.78, 5) is 33.1. The minimum Gasteiger partial charge on any atom is -0.368 e. The predicted octanol–water partition coefficient (Wildman–Crippen LogP) is 5.57. The Kier molecular flexibility index (Phi) is 8.50. The molecule has 2 fully saturated rings. The third kappa shape index (κ3) is 5.62. The predicted molar refractivity (Wildman–Crippen MR) is 167 cm³/mol. The Hall–Kier alpha value is -3.65. The zero-order chi connectivity index (χ0) is 29.3. The largest absolute Gasteiger partial charge is 0.368 e. The Balaban J connectivity index is 1.52. The van der Waals surface area contributed by atoms with Gasteiger partial charge in [-0.15, -0.1) is 0 Å². The van der Waals surface area contributed by atoms with Crippen LogP contribution in [0.1, 0.15) is 29.2 Å². The third-order valence-corrected chi connectivity index (χ3v) is 9.12. The van der Waals surface area contributed by atoms with Gasteiger partial charge >= 0.3 is 0 Å². The smallest absolute Gasteiger partial charge is 0.270 e. The molecule has 0 unspecified atom stereocenters. The van der Waals surface area contributed by atoms with E-state index in [-0.39, 0.29) is 29.4 Å². The monoisotopic (exact) mass is 607 g/mol. The number of benzene rings is 2. The Morgan fingerprint density at radius 3 is 2.37 bits per heavy atom. The lowest BCUT2D eigenvalue weighted by atomic mass is 10.0. The van der Waals surface area contributed by atoms with Crippen molar-refractivity contribution < 1.29 is 9.18 Å². The molecule has 2 aromatic carbocycles. The van der Waals surface area contributed by atoms with E-state index in [0.717, 1.165) is 11.3 Å². The van der Waals surface area contributed by atoms with E-state index < -0.39 is 0 Å². The standard InChI is InChI=1S/C30H27ClFN5O2S2/c1-3-36-27(35-14-12-34(13-15-35)22-10-8-21(32)9-11-22)23(19(2)24(17-33)28(36)38)16-26-29(39)37(30(40)41-26)18-20-6-4-5-7-25(20)31/h4-11,16H,3,12-15,18H2,1-2H3. The van der Waals surface area contributed by atoms with E-state index in [9.17, 15) is 19.2 Å². The van der Waals surface area contributed by atoms with Gasteiger partial charge in [0.2, 0.25) is 0 Å². The minimum absolute atomic E-state index is 0.0540. The summed E-state index contributed by atoms with van der Waals surface area (Å²) in [6.45, 7) is 6.71. The highest BCUT2D eigenvalue weighted by Crippen LogP contribution is 2.37. The van der Waals surface area contributed by atoms with Gasteiger partial charge in [0, 0.05) is 49.0 Å². The van der Waals surface area contributed by atoms with Crippen molar-refractivity contribution in [3.05, 3.63) is 96.9 Å². The van der Waals surface area contributed by atoms with E-state index in [1.807, 2.05) is 25.1 Å². The number of carbonyl (C=O) groups excluding carboxylic acids is 1. The van der Waals surface area contributed by atoms with Crippen molar-refractivity contribution in [2.45, 2.75) is 26.9 Å². The quantitative estimate of drug-likeness (QED) is 0.268. The first-order valence-electron chi connectivity index (χ1n) is 13.1. The maximum absolute atomic E-state index is 13.6. The number of hydrogen-bond acceptors (Lipinski definition) is 7. The number of anilines is 2. The van der Waals surface area contributed by atoms with Crippen molar-refractivity contribution in [1.82, 2.24) is 9.47 Å². The number of rotatable bonds is 6. The molecule has 2 saturated heterocycles. The number of carbonyl (C=O) groups is 1. The van der Waals surface area contributed by atoms with Gasteiger partial charge < -0.3 is 9.80 Å². The SMILES string of the molecule is CCn1c(N2CCN(c3ccc(F)cc3)CC2)c(C=C2SC(=S)N(Cc3ccccc3Cl)C2=O)c(C)c(C#N)c1=O. The maximum Gasteiger partial charge on any atom is 0.270 e. The molecule has 7 nitrogen and oxygen atoms in total. The van der Waals surface area contributed by atoms with Crippen LogP contribution in [0.3, 0.4) is 0 Å². The fraction of sp³-hybridized carbons (Fsp3) is 0.267. The summed E-state index contributed by atoms with van der Waals surface area (Å²) in [6, 6.07) is 15.8. The minimum atomic E-state index is -0.355. The number of piperazine rings is 1. The molecule has 2 aliphatic heterocycles. The molecule has 1 aromatic heterocycles. The van der Waals surface area contributed by atoms with Crippen molar-refractivity contribution in [2.75, 3.05) is 36.0 Å². The molecule has 2 aliphatic rings. The molecular formula is C30H27ClFN5O2S2. The Bertz CT molecular complexity index is 1660. The number of hydrogen-bond donors (Lipinski definition) is 0. The van der Waals surface area contributed by atoms with Crippen LogP contribution in [0.25, 0.3) is 6.08 Å². The summed E-state index contributed by atoms with van der Waals surface area (Å²) in [5.41, 5.74) is 2.59. The van der Waals surface area contributed by atoms with E-state index >= 15 is 0 Å². The molecule has 0 aliphatic carbocycles. The molecule has 0 bridgehead atoms. The number of thioether (sulfide) groups is 1. The van der Waals surface area contributed by atoms with Crippen molar-refractivity contribution in [2.24, 2.45) is 0 Å². The Labute approximate surface area is 252 Å². The van der Waals surface area contributed by atoms with Crippen LogP contribution in [0.5, 0.6) is 0 Å². The van der Waals surface area contributed by atoms with Gasteiger partial charge in [-0.2, -0.15) is 5.26 Å². The molecule has 0 radical (unpaired) electrons. The third-order valence-electron chi connectivity index (χ3n) is 7.37. The first-order chi connectivity index (χ1) is 19.7. The normalized spacial score (nSPS) is 16.6. The summed E-state index contributed by atoms with van der Waals surface area (Å²) >= 11 is 13.1. The van der Waals surface area contributed by atoms with Gasteiger partial charge in [0.15, 0.2) is 0 Å². The molecule has 210 valence electrons. The van der Waals surface area contributed by atoms with Crippen molar-refractivity contribution in [3.63, 3.8) is 0 Å². The van der Waals surface area contributed by atoms with E-state index in [1.165, 1.54) is 28.8 Å². The van der Waals surface area contributed by atoms with Crippen LogP contribution in [0.4, 0.5) is 15.9 Å². The molecule has 3 heterocycles. The van der Waals surface area contributed by atoms with E-state index in [1.54, 1.807) is 35.8 Å². The van der Waals surface area contributed by atoms with Gasteiger partial charge in [-0.25, -0.2) is 4.39 Å². The number of aromatic nitrogens is 1. The van der Waals surface area contributed by atoms with E-state index in [2.05, 4.69) is 15.9 Å². The van der Waals surface area contributed by atoms with Gasteiger partial charge in [0.05, 0.1) is 11.4 Å². The van der Waals surface area contributed by atoms with Crippen LogP contribution < -0.4 is 15.4 Å². The highest BCUT2D eigenvalue weighted by molar-refractivity contribution is 8.26. The average molecular weight is 608 g/mol. The molecule has 1 amide bonds. The zero-order valence-corrected chi connectivity index (χ0v) is 25.0. The van der Waals surface area contributed by atoms with Crippen molar-refractivity contribution in [3.8, 4) is 6.07 Å². The molecule has 0 spiro atoms. The van der Waals surface area contributed by atoms with Gasteiger partial charge in [0.1, 0.15) is 27.6 Å². The van der Waals surface area contributed by atoms with Gasteiger partial charge in [-0.05, 0) is 61.4 Å². The second kappa shape index (κ2) is 12.1. The van der Waals surface area contributed by atoms with Crippen molar-refractivity contribution in [1.29, 1.82) is 5.26 Å². The van der Waals surface area contributed by atoms with Crippen LogP contribution in [-0.2, 0) is 17.9 Å². The van der Waals surface area contributed by atoms with Crippen LogP contribution in [-0.4, -0.2) is 45.9 Å². The molecule has 5 rings (SSSR count). The summed E-state index contributed by atoms with van der Waals surface area (Å²) in [5.74, 6) is 0.137. The lowest BCUT2D eigenvalue weighted by molar-refractivity contribution is -0.122. The Morgan fingerprint density at radius 2 is 1.73 bits per heavy atom. The van der Waals surface area contributed by atoms with Crippen molar-refractivity contribution >= 4 is 63.4 Å². The maximum atomic E-state index is 13.6. The van der Waals surface area contributed by atoms with Crippen LogP contribution in [0.15, 0.2) is 58.2 Å². The summed E-state index contributed by atoms with van der Waals surface area (Å²) in [5, 5.41) is 10.4. The van der Waals surface area contributed by atoms with E-state index in [4.69, 9.17) is 23.8 Å². The molecular weight excluding hydrogens is 581 g/mol. The Morgan fingerprint density at radius 1 is 1.07 bits per heavy atom. The fourth-order valence-corrected chi connectivity index (χ4v) is 6.60. The summed E-state index contributed by atoms with van der Waals surface area (Å²) in [6.07, 6.45) is 1.76. The highest BCUT2D eigenvalue weighted by atomic mass is 35.5. The zero-order valence-electron chi connectivity index (χ0n) is 22.6. The number of thiocarbonyl (C=S) groups is 1. The van der Waals surface area contributed by atoms with Crippen LogP contribution in [0, 0.1) is 24.1 Å². The number of halogens is 2. The van der Waals surface area contributed by atoms with Gasteiger partial charge in [-0.1, -0.05) is 53.8 Å². The molecule has 0 N–H and O–H groups in total. The molecule has 41 heavy (non-hydrogen) atoms. The number of pyridine rings is 1. The second-order valence-corrected chi connectivity index (χ2v) is 11.8. The lowest BCUT2D eigenvalue weighted by Gasteiger charge is -2.39. The van der Waals surface area contributed by atoms with Gasteiger partial charge in [-0.3, -0.25) is 19.1 Å². The van der Waals surface area contributed by atoms with E-state index in [0.29, 0.717) is 63.9 Å². The van der Waals surface area contributed by atoms with Crippen LogP contribution >= 0.6 is 35.6 Å². The molecule has 0 saturated carbocycles.